The van der Waals surface area contributed by atoms with E-state index in [9.17, 15) is 14.4 Å². The van der Waals surface area contributed by atoms with Gasteiger partial charge in [-0.15, -0.1) is 11.8 Å². The molecule has 3 unspecified atom stereocenters. The van der Waals surface area contributed by atoms with Crippen LogP contribution in [0.25, 0.3) is 0 Å². The SMILES string of the molecule is O=C(CCCCN1C(=O)CC(SC2CCCCCCCCCCC2)C1=O)NC1CCCCCCCCC(CCCCCCCC2CCCCCCCCC2)CCCC1. The average molecular weight is 827 g/mol. The van der Waals surface area contributed by atoms with Crippen molar-refractivity contribution >= 4 is 29.5 Å². The highest BCUT2D eigenvalue weighted by Gasteiger charge is 2.39. The number of amides is 3. The highest BCUT2D eigenvalue weighted by atomic mass is 32.2. The van der Waals surface area contributed by atoms with Gasteiger partial charge in [-0.05, 0) is 50.4 Å². The number of nitrogens with one attached hydrogen (secondary N) is 1. The number of rotatable bonds is 16. The van der Waals surface area contributed by atoms with Crippen molar-refractivity contribution in [2.75, 3.05) is 6.54 Å². The van der Waals surface area contributed by atoms with Gasteiger partial charge in [0.15, 0.2) is 0 Å². The Morgan fingerprint density at radius 2 is 0.879 bits per heavy atom. The van der Waals surface area contributed by atoms with E-state index in [1.165, 1.54) is 242 Å². The van der Waals surface area contributed by atoms with E-state index in [2.05, 4.69) is 5.32 Å². The molecule has 0 spiro atoms. The van der Waals surface area contributed by atoms with Crippen molar-refractivity contribution in [3.8, 4) is 0 Å². The molecule has 5 nitrogen and oxygen atoms in total. The first-order valence-electron chi connectivity index (χ1n) is 26.4. The van der Waals surface area contributed by atoms with Crippen LogP contribution >= 0.6 is 11.8 Å². The van der Waals surface area contributed by atoms with Crippen molar-refractivity contribution in [1.82, 2.24) is 10.2 Å². The largest absolute Gasteiger partial charge is 0.353 e. The van der Waals surface area contributed by atoms with Crippen molar-refractivity contribution in [1.29, 1.82) is 0 Å². The first kappa shape index (κ1) is 49.6. The van der Waals surface area contributed by atoms with E-state index < -0.39 is 0 Å². The molecule has 336 valence electrons. The number of carbonyl (C=O) groups is 3. The summed E-state index contributed by atoms with van der Waals surface area (Å²) >= 11 is 1.80. The minimum atomic E-state index is -0.201. The normalized spacial score (nSPS) is 26.0. The maximum atomic E-state index is 13.4. The van der Waals surface area contributed by atoms with Gasteiger partial charge in [-0.2, -0.15) is 0 Å². The summed E-state index contributed by atoms with van der Waals surface area (Å²) in [6.45, 7) is 0.470. The summed E-state index contributed by atoms with van der Waals surface area (Å²) in [5.41, 5.74) is 0. The molecule has 0 aromatic carbocycles. The van der Waals surface area contributed by atoms with Gasteiger partial charge in [0.25, 0.3) is 0 Å². The predicted octanol–water partition coefficient (Wildman–Crippen LogP) is 15.4. The third-order valence-corrected chi connectivity index (χ3v) is 16.3. The van der Waals surface area contributed by atoms with Gasteiger partial charge in [0.05, 0.1) is 5.25 Å². The van der Waals surface area contributed by atoms with E-state index in [-0.39, 0.29) is 23.0 Å². The van der Waals surface area contributed by atoms with Gasteiger partial charge < -0.3 is 5.32 Å². The Morgan fingerprint density at radius 1 is 0.483 bits per heavy atom. The van der Waals surface area contributed by atoms with Gasteiger partial charge in [0.2, 0.25) is 17.7 Å². The second-order valence-electron chi connectivity index (χ2n) is 19.9. The molecule has 1 saturated heterocycles. The van der Waals surface area contributed by atoms with E-state index >= 15 is 0 Å². The fraction of sp³-hybridized carbons (Fsp3) is 0.942. The molecule has 6 heteroatoms. The van der Waals surface area contributed by atoms with Crippen LogP contribution in [0.3, 0.4) is 0 Å². The Labute approximate surface area is 363 Å². The van der Waals surface area contributed by atoms with Crippen LogP contribution in [-0.2, 0) is 14.4 Å². The van der Waals surface area contributed by atoms with E-state index in [1.807, 2.05) is 0 Å². The Morgan fingerprint density at radius 3 is 1.38 bits per heavy atom. The summed E-state index contributed by atoms with van der Waals surface area (Å²) in [5.74, 6) is 2.10. The molecule has 4 fully saturated rings. The van der Waals surface area contributed by atoms with Crippen LogP contribution in [0.5, 0.6) is 0 Å². The molecule has 3 aliphatic carbocycles. The molecular weight excluding hydrogens is 733 g/mol. The summed E-state index contributed by atoms with van der Waals surface area (Å²) in [4.78, 5) is 41.0. The third kappa shape index (κ3) is 22.7. The van der Waals surface area contributed by atoms with Gasteiger partial charge in [0, 0.05) is 30.7 Å². The number of thioether (sulfide) groups is 1. The fourth-order valence-electron chi connectivity index (χ4n) is 11.0. The van der Waals surface area contributed by atoms with Gasteiger partial charge in [-0.3, -0.25) is 19.3 Å². The highest BCUT2D eigenvalue weighted by Crippen LogP contribution is 2.34. The second-order valence-corrected chi connectivity index (χ2v) is 21.4. The number of hydrogen-bond acceptors (Lipinski definition) is 4. The molecule has 1 aliphatic heterocycles. The fourth-order valence-corrected chi connectivity index (χ4v) is 12.6. The quantitative estimate of drug-likeness (QED) is 0.124. The maximum Gasteiger partial charge on any atom is 0.242 e. The van der Waals surface area contributed by atoms with Crippen LogP contribution in [0.4, 0.5) is 0 Å². The Balaban J connectivity index is 1.08. The lowest BCUT2D eigenvalue weighted by Gasteiger charge is -2.22. The zero-order valence-corrected chi connectivity index (χ0v) is 38.9. The van der Waals surface area contributed by atoms with E-state index in [4.69, 9.17) is 0 Å². The predicted molar refractivity (Wildman–Crippen MR) is 249 cm³/mol. The van der Waals surface area contributed by atoms with E-state index in [0.29, 0.717) is 30.7 Å². The zero-order chi connectivity index (χ0) is 40.7. The Hall–Kier alpha value is -1.04. The molecule has 4 rings (SSSR count). The molecule has 3 amide bonds. The molecule has 4 aliphatic rings. The minimum Gasteiger partial charge on any atom is -0.353 e. The van der Waals surface area contributed by atoms with Crippen LogP contribution in [0, 0.1) is 11.8 Å². The van der Waals surface area contributed by atoms with Crippen molar-refractivity contribution in [3.05, 3.63) is 0 Å². The number of nitrogens with zero attached hydrogens (tertiary/aromatic N) is 1. The molecule has 0 bridgehead atoms. The number of carbonyl (C=O) groups excluding carboxylic acids is 3. The molecule has 3 atom stereocenters. The van der Waals surface area contributed by atoms with Crippen molar-refractivity contribution < 1.29 is 14.4 Å². The maximum absolute atomic E-state index is 13.4. The average Bonchev–Trinajstić information content (AvgIpc) is 3.48. The molecule has 1 heterocycles. The third-order valence-electron chi connectivity index (χ3n) is 14.8. The van der Waals surface area contributed by atoms with Crippen molar-refractivity contribution in [2.24, 2.45) is 11.8 Å². The lowest BCUT2D eigenvalue weighted by molar-refractivity contribution is -0.138. The molecule has 1 N–H and O–H groups in total. The topological polar surface area (TPSA) is 66.5 Å². The lowest BCUT2D eigenvalue weighted by atomic mass is 9.87. The highest BCUT2D eigenvalue weighted by molar-refractivity contribution is 8.01. The number of unbranched alkanes of at least 4 members (excludes halogenated alkanes) is 5. The van der Waals surface area contributed by atoms with Crippen LogP contribution in [0.15, 0.2) is 0 Å². The molecule has 3 saturated carbocycles. The van der Waals surface area contributed by atoms with E-state index in [1.54, 1.807) is 11.8 Å². The summed E-state index contributed by atoms with van der Waals surface area (Å²) in [5, 5.41) is 3.73. The smallest absolute Gasteiger partial charge is 0.242 e. The number of likely N-dealkylation sites (tertiary alicyclic amines) is 1. The first-order chi connectivity index (χ1) is 28.6. The molecule has 0 aromatic rings. The van der Waals surface area contributed by atoms with Crippen LogP contribution < -0.4 is 5.32 Å². The number of hydrogen-bond donors (Lipinski definition) is 1. The van der Waals surface area contributed by atoms with Crippen molar-refractivity contribution in [3.63, 3.8) is 0 Å². The van der Waals surface area contributed by atoms with Crippen LogP contribution in [-0.4, -0.2) is 45.7 Å². The van der Waals surface area contributed by atoms with E-state index in [0.717, 1.165) is 37.5 Å². The van der Waals surface area contributed by atoms with Gasteiger partial charge in [0.1, 0.15) is 0 Å². The zero-order valence-electron chi connectivity index (χ0n) is 38.1. The lowest BCUT2D eigenvalue weighted by Crippen LogP contribution is -2.35. The van der Waals surface area contributed by atoms with Crippen LogP contribution in [0.1, 0.15) is 276 Å². The number of imide groups is 1. The molecule has 0 radical (unpaired) electrons. The summed E-state index contributed by atoms with van der Waals surface area (Å²) in [6.07, 6.45) is 55.6. The Kier molecular flexibility index (Phi) is 27.9. The minimum absolute atomic E-state index is 0.00167. The van der Waals surface area contributed by atoms with Gasteiger partial charge >= 0.3 is 0 Å². The summed E-state index contributed by atoms with van der Waals surface area (Å²) < 4.78 is 0. The summed E-state index contributed by atoms with van der Waals surface area (Å²) in [6, 6.07) is 0.292. The second kappa shape index (κ2) is 32.6. The Bertz CT molecular complexity index is 1050. The molecule has 0 aromatic heterocycles. The van der Waals surface area contributed by atoms with Crippen molar-refractivity contribution in [2.45, 2.75) is 293 Å². The summed E-state index contributed by atoms with van der Waals surface area (Å²) in [7, 11) is 0. The molecular formula is C52H94N2O3S. The van der Waals surface area contributed by atoms with Gasteiger partial charge in [-0.25, -0.2) is 0 Å². The van der Waals surface area contributed by atoms with Crippen LogP contribution in [0.2, 0.25) is 0 Å². The standard InChI is InChI=1S/C52H94N2O3S/c55-50(42-30-31-43-54-51(56)44-49(52(54)57)58-48-40-26-18-7-2-1-3-8-19-27-41-48)53-47-38-25-17-10-9-14-22-35-46(37-28-29-39-47)36-24-16-11-15-23-34-45-32-20-12-5-4-6-13-21-33-45/h45-49H,1-44H2,(H,53,55). The van der Waals surface area contributed by atoms with Gasteiger partial charge in [-0.1, -0.05) is 225 Å². The molecule has 58 heavy (non-hydrogen) atoms. The first-order valence-corrected chi connectivity index (χ1v) is 27.3. The monoisotopic (exact) mass is 827 g/mol.